The molecule has 0 fully saturated rings. The van der Waals surface area contributed by atoms with Gasteiger partial charge in [0.1, 0.15) is 5.75 Å². The highest BCUT2D eigenvalue weighted by molar-refractivity contribution is 7.90. The summed E-state index contributed by atoms with van der Waals surface area (Å²) >= 11 is 6.35. The van der Waals surface area contributed by atoms with E-state index in [2.05, 4.69) is 10.2 Å². The van der Waals surface area contributed by atoms with Crippen LogP contribution in [0.25, 0.3) is 11.0 Å². The van der Waals surface area contributed by atoms with Gasteiger partial charge in [-0.1, -0.05) is 55.8 Å². The van der Waals surface area contributed by atoms with Gasteiger partial charge in [-0.05, 0) is 68.0 Å². The third-order valence-corrected chi connectivity index (χ3v) is 9.13. The summed E-state index contributed by atoms with van der Waals surface area (Å²) in [6, 6.07) is 19.1. The van der Waals surface area contributed by atoms with Crippen LogP contribution in [0.4, 0.5) is 0 Å². The molecule has 9 nitrogen and oxygen atoms in total. The van der Waals surface area contributed by atoms with Gasteiger partial charge in [-0.3, -0.25) is 9.36 Å². The quantitative estimate of drug-likeness (QED) is 0.287. The molecule has 40 heavy (non-hydrogen) atoms. The van der Waals surface area contributed by atoms with Crippen molar-refractivity contribution in [1.82, 2.24) is 18.8 Å². The molecule has 0 spiro atoms. The third-order valence-electron chi connectivity index (χ3n) is 7.19. The Morgan fingerprint density at radius 2 is 1.65 bits per heavy atom. The topological polar surface area (TPSA) is 103 Å². The Kier molecular flexibility index (Phi) is 8.72. The fourth-order valence-corrected chi connectivity index (χ4v) is 6.38. The van der Waals surface area contributed by atoms with Crippen molar-refractivity contribution in [2.24, 2.45) is 0 Å². The van der Waals surface area contributed by atoms with E-state index in [0.717, 1.165) is 17.1 Å². The van der Waals surface area contributed by atoms with Gasteiger partial charge in [-0.15, -0.1) is 0 Å². The number of fused-ring (bicyclic) bond motifs is 1. The molecule has 0 radical (unpaired) electrons. The second kappa shape index (κ2) is 11.9. The predicted molar refractivity (Wildman–Crippen MR) is 157 cm³/mol. The summed E-state index contributed by atoms with van der Waals surface area (Å²) in [4.78, 5) is 30.3. The lowest BCUT2D eigenvalue weighted by molar-refractivity contribution is -0.127. The van der Waals surface area contributed by atoms with Crippen LogP contribution < -0.4 is 15.7 Å². The van der Waals surface area contributed by atoms with E-state index in [-0.39, 0.29) is 21.0 Å². The molecule has 0 aliphatic rings. The van der Waals surface area contributed by atoms with Gasteiger partial charge in [-0.2, -0.15) is 3.97 Å². The molecule has 1 heterocycles. The number of carbonyl (C=O) groups is 1. The Morgan fingerprint density at radius 3 is 2.25 bits per heavy atom. The van der Waals surface area contributed by atoms with E-state index in [1.54, 1.807) is 37.3 Å². The molecular weight excluding hydrogens is 552 g/mol. The molecule has 1 amide bonds. The molecule has 0 saturated carbocycles. The van der Waals surface area contributed by atoms with Crippen LogP contribution in [-0.2, 0) is 20.4 Å². The summed E-state index contributed by atoms with van der Waals surface area (Å²) in [7, 11) is -2.89. The summed E-state index contributed by atoms with van der Waals surface area (Å²) < 4.78 is 34.9. The summed E-state index contributed by atoms with van der Waals surface area (Å²) in [5.74, 6) is 0.0207. The van der Waals surface area contributed by atoms with Crippen LogP contribution in [0.1, 0.15) is 26.3 Å². The molecule has 0 saturated heterocycles. The van der Waals surface area contributed by atoms with Crippen molar-refractivity contribution in [2.45, 2.75) is 31.2 Å². The monoisotopic (exact) mass is 584 g/mol. The average Bonchev–Trinajstić information content (AvgIpc) is 3.27. The first-order valence-electron chi connectivity index (χ1n) is 13.0. The molecular formula is C29H33ClN4O5S. The molecule has 1 atom stereocenters. The summed E-state index contributed by atoms with van der Waals surface area (Å²) in [5, 5.41) is 3.26. The minimum atomic E-state index is -4.37. The highest BCUT2D eigenvalue weighted by atomic mass is 35.5. The highest BCUT2D eigenvalue weighted by Crippen LogP contribution is 2.32. The Morgan fingerprint density at radius 1 is 1.00 bits per heavy atom. The Labute approximate surface area is 239 Å². The highest BCUT2D eigenvalue weighted by Gasteiger charge is 2.42. The van der Waals surface area contributed by atoms with Gasteiger partial charge in [0.25, 0.3) is 15.9 Å². The molecule has 1 unspecified atom stereocenters. The average molecular weight is 585 g/mol. The number of aromatic nitrogens is 2. The van der Waals surface area contributed by atoms with Crippen LogP contribution in [0, 0.1) is 0 Å². The number of hydrogen-bond donors (Lipinski definition) is 1. The lowest BCUT2D eigenvalue weighted by Crippen LogP contribution is -2.52. The van der Waals surface area contributed by atoms with Crippen LogP contribution >= 0.6 is 11.6 Å². The van der Waals surface area contributed by atoms with E-state index in [9.17, 15) is 18.0 Å². The summed E-state index contributed by atoms with van der Waals surface area (Å²) in [5.41, 5.74) is -1.68. The molecule has 0 aliphatic carbocycles. The number of nitrogens with one attached hydrogen (secondary N) is 1. The lowest BCUT2D eigenvalue weighted by Gasteiger charge is -2.31. The number of imidazole rings is 1. The first-order chi connectivity index (χ1) is 19.1. The fourth-order valence-electron chi connectivity index (χ4n) is 4.83. The molecule has 4 rings (SSSR count). The number of methoxy groups -OCH3 is 1. The fraction of sp³-hybridized carbons (Fsp3) is 0.310. The number of benzene rings is 3. The molecule has 0 bridgehead atoms. The smallest absolute Gasteiger partial charge is 0.344 e. The summed E-state index contributed by atoms with van der Waals surface area (Å²) in [6.45, 7) is 8.33. The number of carbonyl (C=O) groups excluding carboxylic acids is 1. The third kappa shape index (κ3) is 5.26. The number of hydrogen-bond acceptors (Lipinski definition) is 6. The van der Waals surface area contributed by atoms with Crippen molar-refractivity contribution in [3.63, 3.8) is 0 Å². The van der Waals surface area contributed by atoms with Crippen molar-refractivity contribution in [2.75, 3.05) is 33.3 Å². The number of ether oxygens (including phenoxy) is 1. The maximum absolute atomic E-state index is 14.2. The molecule has 0 aliphatic heterocycles. The van der Waals surface area contributed by atoms with E-state index < -0.39 is 27.2 Å². The predicted octanol–water partition coefficient (Wildman–Crippen LogP) is 3.92. The van der Waals surface area contributed by atoms with Crippen LogP contribution in [0.2, 0.25) is 5.02 Å². The SMILES string of the molecule is CCN(CC)CCNC(=O)C(C)(c1ccccc1)n1c(=O)n(S(=O)(=O)c2ccc(OC)cc2)c2ccc(Cl)cc21. The number of rotatable bonds is 11. The van der Waals surface area contributed by atoms with Gasteiger partial charge in [0.2, 0.25) is 0 Å². The second-order valence-corrected chi connectivity index (χ2v) is 11.6. The summed E-state index contributed by atoms with van der Waals surface area (Å²) in [6.07, 6.45) is 0. The first kappa shape index (κ1) is 29.4. The van der Waals surface area contributed by atoms with E-state index in [1.807, 2.05) is 13.8 Å². The number of halogens is 1. The van der Waals surface area contributed by atoms with Crippen LogP contribution in [-0.4, -0.2) is 61.1 Å². The molecule has 3 aromatic carbocycles. The number of amides is 1. The van der Waals surface area contributed by atoms with Crippen LogP contribution in [0.5, 0.6) is 5.75 Å². The molecule has 1 aromatic heterocycles. The van der Waals surface area contributed by atoms with Crippen molar-refractivity contribution in [3.05, 3.63) is 93.9 Å². The van der Waals surface area contributed by atoms with Crippen molar-refractivity contribution in [1.29, 1.82) is 0 Å². The minimum Gasteiger partial charge on any atom is -0.497 e. The zero-order valence-corrected chi connectivity index (χ0v) is 24.5. The van der Waals surface area contributed by atoms with Crippen LogP contribution in [0.15, 0.2) is 82.5 Å². The normalized spacial score (nSPS) is 13.3. The zero-order chi connectivity index (χ0) is 29.1. The van der Waals surface area contributed by atoms with Gasteiger partial charge >= 0.3 is 5.69 Å². The molecule has 11 heteroatoms. The molecule has 4 aromatic rings. The maximum Gasteiger partial charge on any atom is 0.344 e. The first-order valence-corrected chi connectivity index (χ1v) is 14.8. The van der Waals surface area contributed by atoms with Gasteiger partial charge < -0.3 is 15.0 Å². The second-order valence-electron chi connectivity index (χ2n) is 9.42. The Hall–Kier alpha value is -3.60. The van der Waals surface area contributed by atoms with Gasteiger partial charge in [-0.25, -0.2) is 13.2 Å². The Bertz CT molecular complexity index is 1660. The van der Waals surface area contributed by atoms with E-state index in [1.165, 1.54) is 54.1 Å². The maximum atomic E-state index is 14.2. The van der Waals surface area contributed by atoms with Gasteiger partial charge in [0, 0.05) is 18.1 Å². The zero-order valence-electron chi connectivity index (χ0n) is 22.9. The minimum absolute atomic E-state index is 0.100. The van der Waals surface area contributed by atoms with Gasteiger partial charge in [0.05, 0.1) is 23.0 Å². The van der Waals surface area contributed by atoms with Crippen molar-refractivity contribution in [3.8, 4) is 5.75 Å². The van der Waals surface area contributed by atoms with E-state index in [0.29, 0.717) is 24.4 Å². The van der Waals surface area contributed by atoms with Gasteiger partial charge in [0.15, 0.2) is 5.54 Å². The standard InChI is InChI=1S/C29H33ClN4O5S/c1-5-32(6-2)19-18-31-27(35)29(3,21-10-8-7-9-11-21)33-26-20-22(30)12-17-25(26)34(28(33)36)40(37,38)24-15-13-23(39-4)14-16-24/h7-17,20H,5-6,18-19H2,1-4H3,(H,31,35). The number of likely N-dealkylation sites (N-methyl/N-ethyl adjacent to an activating group) is 1. The molecule has 1 N–H and O–H groups in total. The number of nitrogens with zero attached hydrogens (tertiary/aromatic N) is 3. The largest absolute Gasteiger partial charge is 0.497 e. The van der Waals surface area contributed by atoms with Crippen molar-refractivity contribution >= 4 is 38.6 Å². The van der Waals surface area contributed by atoms with E-state index >= 15 is 0 Å². The lowest BCUT2D eigenvalue weighted by atomic mass is 9.90. The Balaban J connectivity index is 1.95. The van der Waals surface area contributed by atoms with Crippen molar-refractivity contribution < 1.29 is 17.9 Å². The van der Waals surface area contributed by atoms with E-state index in [4.69, 9.17) is 16.3 Å². The molecule has 212 valence electrons. The van der Waals surface area contributed by atoms with Crippen LogP contribution in [0.3, 0.4) is 0 Å².